The lowest BCUT2D eigenvalue weighted by Gasteiger charge is -1.99. The molecule has 0 aromatic heterocycles. The zero-order valence-electron chi connectivity index (χ0n) is 11.5. The van der Waals surface area contributed by atoms with Crippen LogP contribution in [-0.2, 0) is 4.74 Å². The largest absolute Gasteiger partial charge is 0.465 e. The summed E-state index contributed by atoms with van der Waals surface area (Å²) in [5.74, 6) is 0. The van der Waals surface area contributed by atoms with Gasteiger partial charge >= 0.3 is 12.2 Å². The first-order chi connectivity index (χ1) is 8.77. The summed E-state index contributed by atoms with van der Waals surface area (Å²) in [6.07, 6.45) is 1.87. The minimum atomic E-state index is -1.33. The van der Waals surface area contributed by atoms with Gasteiger partial charge in [0.05, 0.1) is 19.3 Å². The fraction of sp³-hybridized carbons (Fsp3) is 0.818. The first-order valence-corrected chi connectivity index (χ1v) is 5.97. The van der Waals surface area contributed by atoms with Crippen molar-refractivity contribution >= 4 is 12.2 Å². The molecule has 8 nitrogen and oxygen atoms in total. The van der Waals surface area contributed by atoms with Gasteiger partial charge in [0.25, 0.3) is 0 Å². The monoisotopic (exact) mass is 282 g/mol. The number of hydrogen-bond donors (Lipinski definition) is 5. The number of aliphatic hydroxyl groups is 2. The van der Waals surface area contributed by atoms with E-state index in [4.69, 9.17) is 25.8 Å². The SMILES string of the molecule is CC(O)CO.CCCCCCOC(N)=O.NC(=O)O. The van der Waals surface area contributed by atoms with Gasteiger partial charge in [-0.25, -0.2) is 9.59 Å². The van der Waals surface area contributed by atoms with E-state index in [2.05, 4.69) is 17.4 Å². The minimum Gasteiger partial charge on any atom is -0.465 e. The van der Waals surface area contributed by atoms with E-state index < -0.39 is 18.3 Å². The number of carboxylic acid groups (broad SMARTS) is 1. The maximum atomic E-state index is 10.0. The van der Waals surface area contributed by atoms with E-state index in [-0.39, 0.29) is 6.61 Å². The van der Waals surface area contributed by atoms with Crippen LogP contribution in [0.5, 0.6) is 0 Å². The Morgan fingerprint density at radius 3 is 1.89 bits per heavy atom. The molecule has 0 bridgehead atoms. The van der Waals surface area contributed by atoms with Gasteiger partial charge in [0.15, 0.2) is 0 Å². The second-order valence-electron chi connectivity index (χ2n) is 3.60. The van der Waals surface area contributed by atoms with E-state index in [1.165, 1.54) is 19.8 Å². The first-order valence-electron chi connectivity index (χ1n) is 5.97. The molecule has 0 heterocycles. The highest BCUT2D eigenvalue weighted by molar-refractivity contribution is 5.64. The van der Waals surface area contributed by atoms with Crippen molar-refractivity contribution in [2.75, 3.05) is 13.2 Å². The van der Waals surface area contributed by atoms with Crippen molar-refractivity contribution < 1.29 is 29.6 Å². The van der Waals surface area contributed by atoms with Gasteiger partial charge in [-0.05, 0) is 13.3 Å². The molecule has 0 aliphatic heterocycles. The highest BCUT2D eigenvalue weighted by Gasteiger charge is 1.91. The molecule has 0 aromatic rings. The molecule has 0 aromatic carbocycles. The summed E-state index contributed by atoms with van der Waals surface area (Å²) in [6.45, 7) is 3.99. The molecule has 8 heteroatoms. The van der Waals surface area contributed by atoms with Gasteiger partial charge in [0, 0.05) is 0 Å². The average Bonchev–Trinajstić information content (AvgIpc) is 2.28. The lowest BCUT2D eigenvalue weighted by Crippen LogP contribution is -2.13. The van der Waals surface area contributed by atoms with Gasteiger partial charge in [0.2, 0.25) is 0 Å². The van der Waals surface area contributed by atoms with Crippen molar-refractivity contribution in [3.05, 3.63) is 0 Å². The third kappa shape index (κ3) is 61.8. The van der Waals surface area contributed by atoms with E-state index in [0.29, 0.717) is 6.61 Å². The van der Waals surface area contributed by atoms with Gasteiger partial charge in [0.1, 0.15) is 0 Å². The molecule has 0 aliphatic carbocycles. The number of hydrogen-bond acceptors (Lipinski definition) is 5. The van der Waals surface area contributed by atoms with Crippen LogP contribution in [0.4, 0.5) is 9.59 Å². The summed E-state index contributed by atoms with van der Waals surface area (Å²) in [4.78, 5) is 18.8. The molecule has 1 atom stereocenters. The Labute approximate surface area is 113 Å². The smallest absolute Gasteiger partial charge is 0.404 e. The summed E-state index contributed by atoms with van der Waals surface area (Å²) < 4.78 is 4.53. The summed E-state index contributed by atoms with van der Waals surface area (Å²) in [6, 6.07) is 0. The van der Waals surface area contributed by atoms with Gasteiger partial charge in [-0.2, -0.15) is 0 Å². The maximum absolute atomic E-state index is 10.0. The van der Waals surface area contributed by atoms with E-state index in [1.807, 2.05) is 0 Å². The Kier molecular flexibility index (Phi) is 22.4. The Bertz CT molecular complexity index is 207. The minimum absolute atomic E-state index is 0.139. The van der Waals surface area contributed by atoms with Crippen molar-refractivity contribution in [2.45, 2.75) is 45.6 Å². The van der Waals surface area contributed by atoms with Gasteiger partial charge in [-0.15, -0.1) is 0 Å². The number of primary amides is 2. The zero-order valence-corrected chi connectivity index (χ0v) is 11.5. The van der Waals surface area contributed by atoms with Gasteiger partial charge in [-0.1, -0.05) is 26.2 Å². The average molecular weight is 282 g/mol. The summed E-state index contributed by atoms with van der Waals surface area (Å²) in [7, 11) is 0. The van der Waals surface area contributed by atoms with Crippen LogP contribution in [0.3, 0.4) is 0 Å². The van der Waals surface area contributed by atoms with Gasteiger partial charge < -0.3 is 31.5 Å². The predicted octanol–water partition coefficient (Wildman–Crippen LogP) is 0.645. The molecule has 116 valence electrons. The van der Waals surface area contributed by atoms with Crippen LogP contribution in [-0.4, -0.2) is 46.8 Å². The first kappa shape index (κ1) is 22.6. The van der Waals surface area contributed by atoms with Crippen molar-refractivity contribution in [1.29, 1.82) is 0 Å². The number of rotatable bonds is 6. The lowest BCUT2D eigenvalue weighted by atomic mass is 10.2. The van der Waals surface area contributed by atoms with Crippen molar-refractivity contribution in [1.82, 2.24) is 0 Å². The molecule has 7 N–H and O–H groups in total. The molecule has 0 rings (SSSR count). The molecule has 19 heavy (non-hydrogen) atoms. The van der Waals surface area contributed by atoms with Crippen LogP contribution in [0, 0.1) is 0 Å². The fourth-order valence-corrected chi connectivity index (χ4v) is 0.702. The molecule has 1 unspecified atom stereocenters. The zero-order chi connectivity index (χ0) is 15.7. The number of amides is 2. The van der Waals surface area contributed by atoms with Crippen molar-refractivity contribution in [3.8, 4) is 0 Å². The molecule has 0 spiro atoms. The van der Waals surface area contributed by atoms with Crippen molar-refractivity contribution in [3.63, 3.8) is 0 Å². The van der Waals surface area contributed by atoms with Crippen LogP contribution in [0.25, 0.3) is 0 Å². The quantitative estimate of drug-likeness (QED) is 0.450. The number of aliphatic hydroxyl groups excluding tert-OH is 2. The third-order valence-electron chi connectivity index (χ3n) is 1.51. The van der Waals surface area contributed by atoms with Crippen LogP contribution < -0.4 is 11.5 Å². The number of carbonyl (C=O) groups excluding carboxylic acids is 1. The second kappa shape index (κ2) is 18.8. The molecular weight excluding hydrogens is 256 g/mol. The highest BCUT2D eigenvalue weighted by atomic mass is 16.5. The Balaban J connectivity index is -0.000000238. The number of unbranched alkanes of at least 4 members (excludes halogenated alkanes) is 3. The number of nitrogens with two attached hydrogens (primary N) is 2. The molecule has 0 saturated carbocycles. The lowest BCUT2D eigenvalue weighted by molar-refractivity contribution is 0.110. The fourth-order valence-electron chi connectivity index (χ4n) is 0.702. The van der Waals surface area contributed by atoms with Crippen LogP contribution in [0.2, 0.25) is 0 Å². The predicted molar refractivity (Wildman–Crippen MR) is 70.7 cm³/mol. The number of ether oxygens (including phenoxy) is 1. The number of carbonyl (C=O) groups is 2. The molecular formula is C11H26N2O6. The molecule has 0 fully saturated rings. The highest BCUT2D eigenvalue weighted by Crippen LogP contribution is 1.98. The topological polar surface area (TPSA) is 156 Å². The van der Waals surface area contributed by atoms with Gasteiger partial charge in [-0.3, -0.25) is 0 Å². The summed E-state index contributed by atoms with van der Waals surface area (Å²) in [5.41, 5.74) is 8.77. The summed E-state index contributed by atoms with van der Waals surface area (Å²) in [5, 5.41) is 23.2. The molecule has 0 saturated heterocycles. The van der Waals surface area contributed by atoms with Crippen LogP contribution in [0.1, 0.15) is 39.5 Å². The van der Waals surface area contributed by atoms with Crippen LogP contribution in [0.15, 0.2) is 0 Å². The standard InChI is InChI=1S/C7H15NO2.C3H8O2.CH3NO2/c1-2-3-4-5-6-10-7(8)9;1-3(5)2-4;2-1(3)4/h2-6H2,1H3,(H2,8,9);3-5H,2H2,1H3;2H2,(H,3,4). The van der Waals surface area contributed by atoms with E-state index >= 15 is 0 Å². The van der Waals surface area contributed by atoms with Crippen molar-refractivity contribution in [2.24, 2.45) is 11.5 Å². The van der Waals surface area contributed by atoms with E-state index in [9.17, 15) is 4.79 Å². The summed E-state index contributed by atoms with van der Waals surface area (Å²) >= 11 is 0. The molecule has 0 aliphatic rings. The maximum Gasteiger partial charge on any atom is 0.404 e. The Morgan fingerprint density at radius 1 is 1.21 bits per heavy atom. The Hall–Kier alpha value is -1.54. The van der Waals surface area contributed by atoms with Crippen LogP contribution >= 0.6 is 0 Å². The second-order valence-corrected chi connectivity index (χ2v) is 3.60. The Morgan fingerprint density at radius 2 is 1.63 bits per heavy atom. The third-order valence-corrected chi connectivity index (χ3v) is 1.51. The molecule has 2 amide bonds. The van der Waals surface area contributed by atoms with E-state index in [1.54, 1.807) is 0 Å². The van der Waals surface area contributed by atoms with E-state index in [0.717, 1.165) is 12.8 Å². The molecule has 0 radical (unpaired) electrons. The normalized spacial score (nSPS) is 10.1.